The van der Waals surface area contributed by atoms with Crippen LogP contribution in [0.4, 0.5) is 8.78 Å². The number of benzene rings is 2. The second-order valence-corrected chi connectivity index (χ2v) is 8.77. The summed E-state index contributed by atoms with van der Waals surface area (Å²) in [6.45, 7) is 2.09. The fourth-order valence-corrected chi connectivity index (χ4v) is 4.88. The first-order valence-corrected chi connectivity index (χ1v) is 10.9. The monoisotopic (exact) mass is 471 g/mol. The standard InChI is InChI=1S/C24H20ClF2N3O3/c1-3-12-9-13(7-8-16(12)25)20-18-15(22(31)30(20)11-24(2,26)27)10-28-19(18)14-5-4-6-17-21(14)33-23(32)29-17/h4-9,20H,3,10-11H2,1-2H3,(H,29,32). The molecule has 2 aromatic carbocycles. The number of aromatic amines is 1. The summed E-state index contributed by atoms with van der Waals surface area (Å²) in [7, 11) is 0. The number of aryl methyl sites for hydroxylation is 1. The largest absolute Gasteiger partial charge is 0.417 e. The van der Waals surface area contributed by atoms with Crippen molar-refractivity contribution in [1.82, 2.24) is 9.88 Å². The van der Waals surface area contributed by atoms with E-state index in [1.54, 1.807) is 30.3 Å². The number of halogens is 3. The van der Waals surface area contributed by atoms with Crippen LogP contribution in [-0.2, 0) is 11.2 Å². The van der Waals surface area contributed by atoms with Gasteiger partial charge in [-0.3, -0.25) is 14.8 Å². The van der Waals surface area contributed by atoms with Crippen LogP contribution in [-0.4, -0.2) is 40.5 Å². The van der Waals surface area contributed by atoms with Crippen LogP contribution in [0.3, 0.4) is 0 Å². The van der Waals surface area contributed by atoms with Crippen molar-refractivity contribution in [1.29, 1.82) is 0 Å². The van der Waals surface area contributed by atoms with Crippen LogP contribution in [0.25, 0.3) is 11.1 Å². The van der Waals surface area contributed by atoms with E-state index in [2.05, 4.69) is 9.98 Å². The van der Waals surface area contributed by atoms with Crippen LogP contribution >= 0.6 is 11.6 Å². The maximum atomic E-state index is 14.1. The average Bonchev–Trinajstić information content (AvgIpc) is 3.41. The molecule has 0 saturated heterocycles. The Balaban J connectivity index is 1.69. The first-order valence-electron chi connectivity index (χ1n) is 10.5. The molecule has 2 aliphatic heterocycles. The first kappa shape index (κ1) is 21.6. The van der Waals surface area contributed by atoms with Crippen molar-refractivity contribution in [2.75, 3.05) is 13.1 Å². The zero-order valence-corrected chi connectivity index (χ0v) is 18.7. The molecule has 3 heterocycles. The zero-order valence-electron chi connectivity index (χ0n) is 17.9. The highest BCUT2D eigenvalue weighted by Gasteiger charge is 2.47. The van der Waals surface area contributed by atoms with Crippen molar-refractivity contribution in [3.05, 3.63) is 79.8 Å². The molecule has 0 spiro atoms. The quantitative estimate of drug-likeness (QED) is 0.587. The molecule has 0 fully saturated rings. The van der Waals surface area contributed by atoms with Gasteiger partial charge in [-0.1, -0.05) is 36.7 Å². The Morgan fingerprint density at radius 2 is 2.06 bits per heavy atom. The number of rotatable bonds is 5. The number of aliphatic imine (C=N–C) groups is 1. The number of amides is 1. The minimum atomic E-state index is -3.08. The lowest BCUT2D eigenvalue weighted by Crippen LogP contribution is -2.40. The molecule has 2 aliphatic rings. The topological polar surface area (TPSA) is 78.7 Å². The number of hydrogen-bond donors (Lipinski definition) is 1. The molecule has 1 unspecified atom stereocenters. The van der Waals surface area contributed by atoms with Crippen LogP contribution < -0.4 is 5.76 Å². The predicted octanol–water partition coefficient (Wildman–Crippen LogP) is 4.67. The molecule has 1 atom stereocenters. The maximum absolute atomic E-state index is 14.1. The van der Waals surface area contributed by atoms with E-state index in [1.807, 2.05) is 13.0 Å². The number of carbonyl (C=O) groups is 1. The molecule has 33 heavy (non-hydrogen) atoms. The molecular weight excluding hydrogens is 452 g/mol. The van der Waals surface area contributed by atoms with Gasteiger partial charge in [-0.2, -0.15) is 0 Å². The second kappa shape index (κ2) is 7.66. The fourth-order valence-electron chi connectivity index (χ4n) is 4.63. The molecule has 6 nitrogen and oxygen atoms in total. The van der Waals surface area contributed by atoms with Crippen LogP contribution in [0.5, 0.6) is 0 Å². The van der Waals surface area contributed by atoms with E-state index in [4.69, 9.17) is 16.0 Å². The summed E-state index contributed by atoms with van der Waals surface area (Å²) in [5, 5.41) is 0.575. The number of para-hydroxylation sites is 1. The van der Waals surface area contributed by atoms with Gasteiger partial charge in [-0.05, 0) is 35.7 Å². The van der Waals surface area contributed by atoms with Gasteiger partial charge in [0.1, 0.15) is 0 Å². The Hall–Kier alpha value is -3.26. The van der Waals surface area contributed by atoms with E-state index in [9.17, 15) is 18.4 Å². The van der Waals surface area contributed by atoms with Crippen LogP contribution in [0.15, 0.2) is 61.7 Å². The summed E-state index contributed by atoms with van der Waals surface area (Å²) in [6, 6.07) is 9.74. The number of carbonyl (C=O) groups excluding carboxylic acids is 1. The SMILES string of the molecule is CCc1cc(C2C3=C(CN=C3c3cccc4[nH]c(=O)oc34)C(=O)N2CC(C)(F)F)ccc1Cl. The summed E-state index contributed by atoms with van der Waals surface area (Å²) < 4.78 is 33.6. The molecule has 0 saturated carbocycles. The van der Waals surface area contributed by atoms with Gasteiger partial charge in [-0.15, -0.1) is 0 Å². The molecule has 5 rings (SSSR count). The van der Waals surface area contributed by atoms with Gasteiger partial charge in [0.05, 0.1) is 30.4 Å². The van der Waals surface area contributed by atoms with E-state index < -0.39 is 30.2 Å². The number of aromatic nitrogens is 1. The highest BCUT2D eigenvalue weighted by Crippen LogP contribution is 2.45. The summed E-state index contributed by atoms with van der Waals surface area (Å²) in [5.41, 5.74) is 4.27. The number of alkyl halides is 2. The number of oxazole rings is 1. The van der Waals surface area contributed by atoms with Crippen molar-refractivity contribution < 1.29 is 18.0 Å². The molecule has 1 amide bonds. The third kappa shape index (κ3) is 3.58. The third-order valence-corrected chi connectivity index (χ3v) is 6.36. The Morgan fingerprint density at radius 1 is 1.27 bits per heavy atom. The van der Waals surface area contributed by atoms with Crippen LogP contribution in [0.2, 0.25) is 5.02 Å². The van der Waals surface area contributed by atoms with E-state index >= 15 is 0 Å². The molecule has 3 aromatic rings. The molecule has 9 heteroatoms. The molecule has 0 radical (unpaired) electrons. The van der Waals surface area contributed by atoms with Crippen molar-refractivity contribution in [2.24, 2.45) is 4.99 Å². The lowest BCUT2D eigenvalue weighted by Gasteiger charge is -2.31. The van der Waals surface area contributed by atoms with Gasteiger partial charge in [0.2, 0.25) is 0 Å². The predicted molar refractivity (Wildman–Crippen MR) is 121 cm³/mol. The minimum Gasteiger partial charge on any atom is -0.407 e. The van der Waals surface area contributed by atoms with E-state index in [0.29, 0.717) is 50.5 Å². The van der Waals surface area contributed by atoms with Gasteiger partial charge < -0.3 is 9.32 Å². The highest BCUT2D eigenvalue weighted by molar-refractivity contribution is 6.31. The first-order chi connectivity index (χ1) is 15.7. The van der Waals surface area contributed by atoms with Gasteiger partial charge in [0.15, 0.2) is 5.58 Å². The molecule has 1 aromatic heterocycles. The van der Waals surface area contributed by atoms with Crippen molar-refractivity contribution in [2.45, 2.75) is 32.2 Å². The van der Waals surface area contributed by atoms with Gasteiger partial charge in [-0.25, -0.2) is 13.6 Å². The number of hydrogen-bond acceptors (Lipinski definition) is 4. The van der Waals surface area contributed by atoms with Gasteiger partial charge >= 0.3 is 5.76 Å². The fraction of sp³-hybridized carbons (Fsp3) is 0.292. The number of nitrogens with zero attached hydrogens (tertiary/aromatic N) is 2. The number of nitrogens with one attached hydrogen (secondary N) is 1. The maximum Gasteiger partial charge on any atom is 0.417 e. The van der Waals surface area contributed by atoms with Crippen molar-refractivity contribution >= 4 is 34.3 Å². The lowest BCUT2D eigenvalue weighted by atomic mass is 9.90. The summed E-state index contributed by atoms with van der Waals surface area (Å²) in [5.74, 6) is -4.16. The molecule has 0 bridgehead atoms. The van der Waals surface area contributed by atoms with Crippen LogP contribution in [0.1, 0.15) is 36.6 Å². The van der Waals surface area contributed by atoms with Gasteiger partial charge in [0, 0.05) is 28.7 Å². The summed E-state index contributed by atoms with van der Waals surface area (Å²) in [6.07, 6.45) is 0.651. The van der Waals surface area contributed by atoms with E-state index in [1.165, 1.54) is 4.90 Å². The normalized spacial score (nSPS) is 18.5. The second-order valence-electron chi connectivity index (χ2n) is 8.36. The molecular formula is C24H20ClF2N3O3. The Labute approximate surface area is 192 Å². The molecule has 0 aliphatic carbocycles. The number of H-pyrrole nitrogens is 1. The summed E-state index contributed by atoms with van der Waals surface area (Å²) >= 11 is 6.30. The molecule has 170 valence electrons. The highest BCUT2D eigenvalue weighted by atomic mass is 35.5. The van der Waals surface area contributed by atoms with E-state index in [0.717, 1.165) is 12.5 Å². The number of fused-ring (bicyclic) bond motifs is 1. The zero-order chi connectivity index (χ0) is 23.5. The Bertz CT molecular complexity index is 1410. The Kier molecular flexibility index (Phi) is 5.01. The summed E-state index contributed by atoms with van der Waals surface area (Å²) in [4.78, 5) is 33.5. The van der Waals surface area contributed by atoms with Crippen LogP contribution in [0, 0.1) is 0 Å². The lowest BCUT2D eigenvalue weighted by molar-refractivity contribution is -0.132. The van der Waals surface area contributed by atoms with Crippen molar-refractivity contribution in [3.8, 4) is 0 Å². The van der Waals surface area contributed by atoms with Gasteiger partial charge in [0.25, 0.3) is 11.8 Å². The van der Waals surface area contributed by atoms with Crippen molar-refractivity contribution in [3.63, 3.8) is 0 Å². The van der Waals surface area contributed by atoms with E-state index in [-0.39, 0.29) is 6.54 Å². The Morgan fingerprint density at radius 3 is 2.79 bits per heavy atom. The molecule has 1 N–H and O–H groups in total. The third-order valence-electron chi connectivity index (χ3n) is 6.00. The minimum absolute atomic E-state index is 0.0745. The average molecular weight is 472 g/mol. The smallest absolute Gasteiger partial charge is 0.407 e.